The first kappa shape index (κ1) is 11.9. The number of oxazole rings is 1. The van der Waals surface area contributed by atoms with E-state index in [-0.39, 0.29) is 11.2 Å². The molecule has 1 heterocycles. The number of alkyl halides is 1. The maximum absolute atomic E-state index is 11.8. The molecule has 0 spiro atoms. The van der Waals surface area contributed by atoms with Gasteiger partial charge in [0.1, 0.15) is 0 Å². The standard InChI is InChI=1S/C11H11BrN2O3/c12-7-10(15)13-6-5-11-14(16)8-3-1-2-4-9(8)17-11/h1-4H,5-7H2,(H,13,15). The van der Waals surface area contributed by atoms with Crippen LogP contribution >= 0.6 is 15.9 Å². The number of carbonyl (C=O) groups is 1. The molecule has 1 aromatic carbocycles. The predicted molar refractivity (Wildman–Crippen MR) is 65.7 cm³/mol. The molecule has 90 valence electrons. The van der Waals surface area contributed by atoms with E-state index < -0.39 is 0 Å². The minimum absolute atomic E-state index is 0.112. The molecule has 0 saturated heterocycles. The number of aromatic nitrogens is 1. The van der Waals surface area contributed by atoms with Gasteiger partial charge in [-0.3, -0.25) is 4.79 Å². The summed E-state index contributed by atoms with van der Waals surface area (Å²) in [5.41, 5.74) is 1.07. The van der Waals surface area contributed by atoms with Crippen molar-refractivity contribution in [3.63, 3.8) is 0 Å². The van der Waals surface area contributed by atoms with Gasteiger partial charge >= 0.3 is 5.89 Å². The van der Waals surface area contributed by atoms with Crippen LogP contribution in [-0.2, 0) is 11.2 Å². The Morgan fingerprint density at radius 1 is 1.47 bits per heavy atom. The Hall–Kier alpha value is -1.56. The minimum Gasteiger partial charge on any atom is -0.616 e. The monoisotopic (exact) mass is 298 g/mol. The second kappa shape index (κ2) is 5.18. The fraction of sp³-hybridized carbons (Fsp3) is 0.273. The van der Waals surface area contributed by atoms with Crippen LogP contribution in [0.3, 0.4) is 0 Å². The highest BCUT2D eigenvalue weighted by Crippen LogP contribution is 2.12. The number of carbonyl (C=O) groups excluding carboxylic acids is 1. The molecule has 1 amide bonds. The van der Waals surface area contributed by atoms with Crippen LogP contribution in [0.2, 0.25) is 0 Å². The molecule has 5 nitrogen and oxygen atoms in total. The van der Waals surface area contributed by atoms with Gasteiger partial charge < -0.3 is 14.9 Å². The van der Waals surface area contributed by atoms with E-state index in [0.29, 0.717) is 30.0 Å². The van der Waals surface area contributed by atoms with Gasteiger partial charge in [0.25, 0.3) is 5.52 Å². The lowest BCUT2D eigenvalue weighted by Crippen LogP contribution is -2.33. The topological polar surface area (TPSA) is 69.2 Å². The van der Waals surface area contributed by atoms with Crippen molar-refractivity contribution in [3.05, 3.63) is 35.4 Å². The Kier molecular flexibility index (Phi) is 3.63. The van der Waals surface area contributed by atoms with Crippen molar-refractivity contribution in [2.24, 2.45) is 0 Å². The SMILES string of the molecule is O=C(CBr)NCCc1oc2ccccc2[n+]1[O-]. The number of benzene rings is 1. The number of hydrogen-bond acceptors (Lipinski definition) is 3. The van der Waals surface area contributed by atoms with Gasteiger partial charge in [0, 0.05) is 12.6 Å². The van der Waals surface area contributed by atoms with Gasteiger partial charge in [0.2, 0.25) is 11.5 Å². The number of rotatable bonds is 4. The number of nitrogens with one attached hydrogen (secondary N) is 1. The number of halogens is 1. The van der Waals surface area contributed by atoms with Gasteiger partial charge in [-0.1, -0.05) is 28.1 Å². The quantitative estimate of drug-likeness (QED) is 0.522. The van der Waals surface area contributed by atoms with Crippen LogP contribution in [0.25, 0.3) is 11.1 Å². The molecule has 2 aromatic rings. The summed E-state index contributed by atoms with van der Waals surface area (Å²) in [6, 6.07) is 7.03. The highest BCUT2D eigenvalue weighted by molar-refractivity contribution is 9.09. The Labute approximate surface area is 106 Å². The molecule has 0 radical (unpaired) electrons. The van der Waals surface area contributed by atoms with E-state index in [4.69, 9.17) is 4.42 Å². The van der Waals surface area contributed by atoms with Crippen LogP contribution in [0.4, 0.5) is 0 Å². The van der Waals surface area contributed by atoms with Crippen LogP contribution in [0, 0.1) is 5.21 Å². The second-order valence-corrected chi connectivity index (χ2v) is 4.05. The summed E-state index contributed by atoms with van der Waals surface area (Å²) in [6.07, 6.45) is 0.372. The molecular formula is C11H11BrN2O3. The van der Waals surface area contributed by atoms with Crippen molar-refractivity contribution in [2.75, 3.05) is 11.9 Å². The lowest BCUT2D eigenvalue weighted by Gasteiger charge is -1.99. The van der Waals surface area contributed by atoms with E-state index in [1.807, 2.05) is 6.07 Å². The largest absolute Gasteiger partial charge is 0.616 e. The molecule has 1 N–H and O–H groups in total. The minimum atomic E-state index is -0.112. The third kappa shape index (κ3) is 2.58. The van der Waals surface area contributed by atoms with Crippen LogP contribution < -0.4 is 10.0 Å². The molecule has 0 aliphatic heterocycles. The van der Waals surface area contributed by atoms with Crippen molar-refractivity contribution in [1.29, 1.82) is 0 Å². The van der Waals surface area contributed by atoms with Crippen molar-refractivity contribution >= 4 is 32.9 Å². The van der Waals surface area contributed by atoms with E-state index in [1.54, 1.807) is 18.2 Å². The van der Waals surface area contributed by atoms with Crippen LogP contribution in [0.5, 0.6) is 0 Å². The highest BCUT2D eigenvalue weighted by atomic mass is 79.9. The van der Waals surface area contributed by atoms with Crippen LogP contribution in [0.1, 0.15) is 5.89 Å². The van der Waals surface area contributed by atoms with E-state index in [2.05, 4.69) is 21.2 Å². The van der Waals surface area contributed by atoms with Gasteiger partial charge in [-0.25, -0.2) is 0 Å². The molecule has 0 saturated carbocycles. The molecule has 0 aliphatic rings. The van der Waals surface area contributed by atoms with E-state index in [1.165, 1.54) is 0 Å². The summed E-state index contributed by atoms with van der Waals surface area (Å²) in [4.78, 5) is 11.0. The molecule has 0 aliphatic carbocycles. The number of hydrogen-bond donors (Lipinski definition) is 1. The zero-order valence-corrected chi connectivity index (χ0v) is 10.6. The maximum atomic E-state index is 11.8. The Morgan fingerprint density at radius 2 is 2.24 bits per heavy atom. The first-order valence-corrected chi connectivity index (χ1v) is 6.27. The molecule has 2 rings (SSSR count). The molecule has 0 unspecified atom stereocenters. The first-order chi connectivity index (χ1) is 8.22. The van der Waals surface area contributed by atoms with Crippen LogP contribution in [-0.4, -0.2) is 17.8 Å². The highest BCUT2D eigenvalue weighted by Gasteiger charge is 2.16. The summed E-state index contributed by atoms with van der Waals surface area (Å²) < 4.78 is 6.16. The Morgan fingerprint density at radius 3 is 2.94 bits per heavy atom. The number of nitrogens with zero attached hydrogens (tertiary/aromatic N) is 1. The van der Waals surface area contributed by atoms with Gasteiger partial charge in [-0.15, -0.1) is 4.73 Å². The summed E-state index contributed by atoms with van der Waals surface area (Å²) in [7, 11) is 0. The third-order valence-corrected chi connectivity index (χ3v) is 2.83. The Balaban J connectivity index is 2.09. The number of amides is 1. The van der Waals surface area contributed by atoms with Crippen LogP contribution in [0.15, 0.2) is 28.7 Å². The molecular weight excluding hydrogens is 288 g/mol. The average molecular weight is 299 g/mol. The fourth-order valence-electron chi connectivity index (χ4n) is 1.52. The first-order valence-electron chi connectivity index (χ1n) is 5.15. The zero-order chi connectivity index (χ0) is 12.3. The second-order valence-electron chi connectivity index (χ2n) is 3.49. The van der Waals surface area contributed by atoms with E-state index in [9.17, 15) is 10.0 Å². The van der Waals surface area contributed by atoms with Gasteiger partial charge in [0.05, 0.1) is 11.8 Å². The predicted octanol–water partition coefficient (Wildman–Crippen LogP) is 1.12. The number of para-hydroxylation sites is 2. The third-order valence-electron chi connectivity index (χ3n) is 2.32. The molecule has 17 heavy (non-hydrogen) atoms. The van der Waals surface area contributed by atoms with E-state index >= 15 is 0 Å². The van der Waals surface area contributed by atoms with Gasteiger partial charge in [-0.05, 0) is 6.07 Å². The van der Waals surface area contributed by atoms with Crippen molar-refractivity contribution in [1.82, 2.24) is 5.32 Å². The summed E-state index contributed by atoms with van der Waals surface area (Å²) in [5.74, 6) is 0.194. The van der Waals surface area contributed by atoms with Crippen molar-refractivity contribution < 1.29 is 13.9 Å². The molecule has 6 heteroatoms. The van der Waals surface area contributed by atoms with Gasteiger partial charge in [0.15, 0.2) is 0 Å². The zero-order valence-electron chi connectivity index (χ0n) is 8.98. The molecule has 1 aromatic heterocycles. The lowest BCUT2D eigenvalue weighted by molar-refractivity contribution is -0.592. The Bertz CT molecular complexity index is 538. The van der Waals surface area contributed by atoms with Crippen molar-refractivity contribution in [3.8, 4) is 0 Å². The average Bonchev–Trinajstić information content (AvgIpc) is 2.67. The van der Waals surface area contributed by atoms with Gasteiger partial charge in [-0.2, -0.15) is 0 Å². The van der Waals surface area contributed by atoms with E-state index in [0.717, 1.165) is 4.73 Å². The summed E-state index contributed by atoms with van der Waals surface area (Å²) in [6.45, 7) is 0.381. The molecule has 0 fully saturated rings. The molecule has 0 atom stereocenters. The fourth-order valence-corrected chi connectivity index (χ4v) is 1.72. The smallest absolute Gasteiger partial charge is 0.361 e. The van der Waals surface area contributed by atoms with Crippen molar-refractivity contribution in [2.45, 2.75) is 6.42 Å². The normalized spacial score (nSPS) is 10.6. The summed E-state index contributed by atoms with van der Waals surface area (Å²) >= 11 is 3.04. The summed E-state index contributed by atoms with van der Waals surface area (Å²) in [5, 5.41) is 14.7. The lowest BCUT2D eigenvalue weighted by atomic mass is 10.3. The maximum Gasteiger partial charge on any atom is 0.361 e. The molecule has 0 bridgehead atoms. The number of fused-ring (bicyclic) bond motifs is 1.